The van der Waals surface area contributed by atoms with Crippen molar-refractivity contribution in [3.63, 3.8) is 0 Å². The highest BCUT2D eigenvalue weighted by Crippen LogP contribution is 2.19. The number of imidazole rings is 1. The maximum atomic E-state index is 11.6. The zero-order chi connectivity index (χ0) is 17.8. The van der Waals surface area contributed by atoms with Crippen molar-refractivity contribution in [1.29, 1.82) is 0 Å². The predicted octanol–water partition coefficient (Wildman–Crippen LogP) is 1.52. The van der Waals surface area contributed by atoms with E-state index < -0.39 is 17.5 Å². The molecule has 25 heavy (non-hydrogen) atoms. The van der Waals surface area contributed by atoms with Gasteiger partial charge < -0.3 is 14.4 Å². The van der Waals surface area contributed by atoms with Crippen LogP contribution in [-0.4, -0.2) is 43.5 Å². The van der Waals surface area contributed by atoms with E-state index in [0.29, 0.717) is 17.7 Å². The van der Waals surface area contributed by atoms with Gasteiger partial charge in [-0.3, -0.25) is 4.79 Å². The van der Waals surface area contributed by atoms with Crippen molar-refractivity contribution in [1.82, 2.24) is 19.5 Å². The van der Waals surface area contributed by atoms with E-state index in [-0.39, 0.29) is 5.69 Å². The van der Waals surface area contributed by atoms with Crippen molar-refractivity contribution in [2.45, 2.75) is 6.54 Å². The van der Waals surface area contributed by atoms with E-state index >= 15 is 0 Å². The minimum Gasteiger partial charge on any atom is -0.505 e. The number of carbonyl (C=O) groups excluding carboxylic acids is 2. The molecular formula is C17H14N4O4. The Bertz CT molecular complexity index is 963. The summed E-state index contributed by atoms with van der Waals surface area (Å²) in [6.45, 7) is 0.541. The van der Waals surface area contributed by atoms with E-state index in [0.717, 1.165) is 18.7 Å². The van der Waals surface area contributed by atoms with E-state index in [2.05, 4.69) is 19.7 Å². The van der Waals surface area contributed by atoms with Gasteiger partial charge in [-0.05, 0) is 5.56 Å². The number of hydrogen-bond donors (Lipinski definition) is 1. The summed E-state index contributed by atoms with van der Waals surface area (Å²) < 4.78 is 6.11. The lowest BCUT2D eigenvalue weighted by atomic mass is 10.2. The fourth-order valence-electron chi connectivity index (χ4n) is 2.32. The minimum atomic E-state index is -1.08. The van der Waals surface area contributed by atoms with Gasteiger partial charge in [-0.25, -0.2) is 19.7 Å². The van der Waals surface area contributed by atoms with Crippen LogP contribution in [0, 0.1) is 0 Å². The molecule has 0 spiro atoms. The third-order valence-electron chi connectivity index (χ3n) is 3.49. The first kappa shape index (κ1) is 16.3. The molecular weight excluding hydrogens is 324 g/mol. The van der Waals surface area contributed by atoms with Crippen molar-refractivity contribution in [2.75, 3.05) is 7.11 Å². The van der Waals surface area contributed by atoms with Crippen molar-refractivity contribution in [2.24, 2.45) is 0 Å². The predicted molar refractivity (Wildman–Crippen MR) is 88.5 cm³/mol. The first-order valence-corrected chi connectivity index (χ1v) is 7.33. The summed E-state index contributed by atoms with van der Waals surface area (Å²) in [7, 11) is 1.08. The number of benzene rings is 1. The maximum absolute atomic E-state index is 11.6. The highest BCUT2D eigenvalue weighted by Gasteiger charge is 2.17. The molecule has 3 rings (SSSR count). The molecule has 126 valence electrons. The highest BCUT2D eigenvalue weighted by molar-refractivity contribution is 6.39. The molecule has 0 radical (unpaired) electrons. The lowest BCUT2D eigenvalue weighted by Crippen LogP contribution is -2.13. The fraction of sp³-hybridized carbons (Fsp3) is 0.118. The molecule has 1 aromatic carbocycles. The number of methoxy groups -OCH3 is 1. The molecule has 0 bridgehead atoms. The summed E-state index contributed by atoms with van der Waals surface area (Å²) in [4.78, 5) is 35.1. The molecule has 0 saturated heterocycles. The van der Waals surface area contributed by atoms with Crippen LogP contribution in [0.5, 0.6) is 0 Å². The summed E-state index contributed by atoms with van der Waals surface area (Å²) in [6, 6.07) is 9.74. The lowest BCUT2D eigenvalue weighted by molar-refractivity contribution is -0.149. The molecule has 3 aromatic rings. The molecule has 0 saturated carbocycles. The Morgan fingerprint density at radius 1 is 1.20 bits per heavy atom. The second-order valence-electron chi connectivity index (χ2n) is 5.14. The van der Waals surface area contributed by atoms with Gasteiger partial charge >= 0.3 is 5.97 Å². The van der Waals surface area contributed by atoms with Crippen molar-refractivity contribution in [3.05, 3.63) is 60.3 Å². The maximum Gasteiger partial charge on any atom is 0.378 e. The third kappa shape index (κ3) is 3.37. The van der Waals surface area contributed by atoms with Crippen LogP contribution in [0.2, 0.25) is 0 Å². The molecule has 8 heteroatoms. The van der Waals surface area contributed by atoms with E-state index in [1.54, 1.807) is 10.9 Å². The van der Waals surface area contributed by atoms with Crippen LogP contribution < -0.4 is 0 Å². The number of fused-ring (bicyclic) bond motifs is 1. The Hall–Kier alpha value is -3.55. The summed E-state index contributed by atoms with van der Waals surface area (Å²) in [5.41, 5.74) is 1.95. The molecule has 0 unspecified atom stereocenters. The van der Waals surface area contributed by atoms with Crippen molar-refractivity contribution in [3.8, 4) is 0 Å². The number of hydrogen-bond acceptors (Lipinski definition) is 7. The molecule has 0 aliphatic heterocycles. The number of carbonyl (C=O) groups is 2. The molecule has 0 fully saturated rings. The lowest BCUT2D eigenvalue weighted by Gasteiger charge is -2.04. The average molecular weight is 338 g/mol. The number of nitrogens with zero attached hydrogens (tertiary/aromatic N) is 4. The van der Waals surface area contributed by atoms with Gasteiger partial charge in [0.1, 0.15) is 23.3 Å². The topological polar surface area (TPSA) is 107 Å². The molecule has 0 aliphatic rings. The monoisotopic (exact) mass is 338 g/mol. The van der Waals surface area contributed by atoms with E-state index in [1.807, 2.05) is 30.3 Å². The molecule has 0 aliphatic carbocycles. The van der Waals surface area contributed by atoms with Gasteiger partial charge in [-0.1, -0.05) is 30.3 Å². The second-order valence-corrected chi connectivity index (χ2v) is 5.14. The summed E-state index contributed by atoms with van der Waals surface area (Å²) >= 11 is 0. The largest absolute Gasteiger partial charge is 0.505 e. The van der Waals surface area contributed by atoms with Crippen LogP contribution in [0.3, 0.4) is 0 Å². The van der Waals surface area contributed by atoms with Gasteiger partial charge in [0.05, 0.1) is 20.0 Å². The number of ketones is 1. The number of aliphatic hydroxyl groups is 1. The van der Waals surface area contributed by atoms with E-state index in [9.17, 15) is 14.7 Å². The molecule has 0 amide bonds. The van der Waals surface area contributed by atoms with Crippen LogP contribution in [0.4, 0.5) is 0 Å². The number of ether oxygens (including phenoxy) is 1. The van der Waals surface area contributed by atoms with Gasteiger partial charge in [-0.15, -0.1) is 0 Å². The van der Waals surface area contributed by atoms with Crippen molar-refractivity contribution >= 4 is 28.7 Å². The number of rotatable bonds is 5. The number of aromatic nitrogens is 4. The SMILES string of the molecule is COC(=O)C(=O)C=C(O)c1ncnc2c1ncn2Cc1ccccc1. The summed E-state index contributed by atoms with van der Waals surface area (Å²) in [5.74, 6) is -2.55. The standard InChI is InChI=1S/C17H14N4O4/c1-25-17(24)13(23)7-12(22)14-15-16(19-9-18-14)21(10-20-15)8-11-5-3-2-4-6-11/h2-7,9-10,22H,8H2,1H3. The van der Waals surface area contributed by atoms with Crippen LogP contribution in [0.25, 0.3) is 16.9 Å². The normalized spacial score (nSPS) is 11.5. The fourth-order valence-corrected chi connectivity index (χ4v) is 2.32. The van der Waals surface area contributed by atoms with Gasteiger partial charge in [0.2, 0.25) is 0 Å². The first-order chi connectivity index (χ1) is 12.1. The summed E-state index contributed by atoms with van der Waals surface area (Å²) in [5, 5.41) is 10.1. The Morgan fingerprint density at radius 2 is 1.96 bits per heavy atom. The van der Waals surface area contributed by atoms with Crippen LogP contribution in [0.15, 0.2) is 49.1 Å². The minimum absolute atomic E-state index is 0.0639. The smallest absolute Gasteiger partial charge is 0.378 e. The molecule has 8 nitrogen and oxygen atoms in total. The molecule has 1 N–H and O–H groups in total. The van der Waals surface area contributed by atoms with Gasteiger partial charge in [0.25, 0.3) is 5.78 Å². The van der Waals surface area contributed by atoms with E-state index in [1.165, 1.54) is 6.33 Å². The highest BCUT2D eigenvalue weighted by atomic mass is 16.5. The van der Waals surface area contributed by atoms with Gasteiger partial charge in [0.15, 0.2) is 5.65 Å². The van der Waals surface area contributed by atoms with Crippen LogP contribution >= 0.6 is 0 Å². The average Bonchev–Trinajstić information content (AvgIpc) is 3.04. The molecule has 2 heterocycles. The summed E-state index contributed by atoms with van der Waals surface area (Å²) in [6.07, 6.45) is 3.59. The third-order valence-corrected chi connectivity index (χ3v) is 3.49. The van der Waals surface area contributed by atoms with Gasteiger partial charge in [-0.2, -0.15) is 0 Å². The Balaban J connectivity index is 1.97. The first-order valence-electron chi connectivity index (χ1n) is 7.33. The Kier molecular flexibility index (Phi) is 4.51. The van der Waals surface area contributed by atoms with E-state index in [4.69, 9.17) is 0 Å². The van der Waals surface area contributed by atoms with Crippen molar-refractivity contribution < 1.29 is 19.4 Å². The zero-order valence-corrected chi connectivity index (χ0v) is 13.3. The Labute approximate surface area is 142 Å². The van der Waals surface area contributed by atoms with Crippen LogP contribution in [-0.2, 0) is 20.9 Å². The number of esters is 1. The molecule has 0 atom stereocenters. The number of aliphatic hydroxyl groups excluding tert-OH is 1. The Morgan fingerprint density at radius 3 is 2.68 bits per heavy atom. The molecule has 2 aromatic heterocycles. The second kappa shape index (κ2) is 6.91. The quantitative estimate of drug-likeness (QED) is 0.325. The van der Waals surface area contributed by atoms with Crippen LogP contribution in [0.1, 0.15) is 11.3 Å². The zero-order valence-electron chi connectivity index (χ0n) is 13.3. The van der Waals surface area contributed by atoms with Gasteiger partial charge in [0, 0.05) is 6.08 Å².